The van der Waals surface area contributed by atoms with Gasteiger partial charge in [0, 0.05) is 29.4 Å². The van der Waals surface area contributed by atoms with Gasteiger partial charge in [-0.15, -0.1) is 11.3 Å². The first-order chi connectivity index (χ1) is 8.20. The summed E-state index contributed by atoms with van der Waals surface area (Å²) in [4.78, 5) is 8.01. The number of nitrogen functional groups attached to an aromatic ring is 1. The fourth-order valence-electron chi connectivity index (χ4n) is 1.65. The largest absolute Gasteiger partial charge is 0.398 e. The minimum Gasteiger partial charge on any atom is -0.398 e. The Hall–Kier alpha value is -1.55. The van der Waals surface area contributed by atoms with Gasteiger partial charge in [0.2, 0.25) is 0 Å². The van der Waals surface area contributed by atoms with Crippen LogP contribution in [0.4, 0.5) is 11.5 Å². The minimum atomic E-state index is 0.805. The van der Waals surface area contributed by atoms with Crippen LogP contribution >= 0.6 is 11.3 Å². The third-order valence-electron chi connectivity index (χ3n) is 2.76. The van der Waals surface area contributed by atoms with Gasteiger partial charge in [0.1, 0.15) is 5.82 Å². The zero-order valence-corrected chi connectivity index (χ0v) is 11.0. The average molecular weight is 247 g/mol. The molecule has 2 aromatic heterocycles. The molecule has 0 aliphatic rings. The summed E-state index contributed by atoms with van der Waals surface area (Å²) < 4.78 is 0. The van der Waals surface area contributed by atoms with Crippen molar-refractivity contribution in [3.63, 3.8) is 0 Å². The van der Waals surface area contributed by atoms with Crippen LogP contribution in [-0.2, 0) is 6.54 Å². The molecule has 17 heavy (non-hydrogen) atoms. The first-order valence-corrected chi connectivity index (χ1v) is 6.58. The Morgan fingerprint density at radius 3 is 2.88 bits per heavy atom. The van der Waals surface area contributed by atoms with Gasteiger partial charge in [-0.25, -0.2) is 4.98 Å². The summed E-state index contributed by atoms with van der Waals surface area (Å²) in [7, 11) is 0. The topological polar surface area (TPSA) is 42.1 Å². The van der Waals surface area contributed by atoms with E-state index in [1.54, 1.807) is 11.3 Å². The van der Waals surface area contributed by atoms with Crippen LogP contribution < -0.4 is 10.6 Å². The molecule has 0 bridgehead atoms. The number of anilines is 2. The van der Waals surface area contributed by atoms with Crippen molar-refractivity contribution < 1.29 is 0 Å². The highest BCUT2D eigenvalue weighted by atomic mass is 32.1. The first-order valence-electron chi connectivity index (χ1n) is 5.70. The molecular weight excluding hydrogens is 230 g/mol. The van der Waals surface area contributed by atoms with Gasteiger partial charge in [-0.05, 0) is 30.9 Å². The maximum atomic E-state index is 5.92. The highest BCUT2D eigenvalue weighted by Gasteiger charge is 2.08. The smallest absolute Gasteiger partial charge is 0.130 e. The van der Waals surface area contributed by atoms with Crippen molar-refractivity contribution >= 4 is 22.8 Å². The van der Waals surface area contributed by atoms with E-state index in [1.165, 1.54) is 4.88 Å². The Kier molecular flexibility index (Phi) is 3.64. The lowest BCUT2D eigenvalue weighted by Crippen LogP contribution is -2.22. The number of thiophene rings is 1. The highest BCUT2D eigenvalue weighted by molar-refractivity contribution is 7.09. The van der Waals surface area contributed by atoms with Crippen molar-refractivity contribution in [2.45, 2.75) is 20.4 Å². The molecule has 0 amide bonds. The fraction of sp³-hybridized carbons (Fsp3) is 0.308. The Morgan fingerprint density at radius 2 is 2.29 bits per heavy atom. The molecule has 0 aliphatic heterocycles. The molecule has 0 unspecified atom stereocenters. The molecule has 0 saturated carbocycles. The monoisotopic (exact) mass is 247 g/mol. The lowest BCUT2D eigenvalue weighted by molar-refractivity contribution is 0.823. The van der Waals surface area contributed by atoms with Crippen molar-refractivity contribution in [2.24, 2.45) is 0 Å². The lowest BCUT2D eigenvalue weighted by atomic mass is 10.2. The van der Waals surface area contributed by atoms with E-state index in [0.717, 1.165) is 30.2 Å². The number of rotatable bonds is 4. The third-order valence-corrected chi connectivity index (χ3v) is 3.62. The maximum Gasteiger partial charge on any atom is 0.130 e. The molecule has 0 spiro atoms. The zero-order valence-electron chi connectivity index (χ0n) is 10.2. The third kappa shape index (κ3) is 2.77. The predicted molar refractivity (Wildman–Crippen MR) is 74.4 cm³/mol. The van der Waals surface area contributed by atoms with Gasteiger partial charge in [0.25, 0.3) is 0 Å². The summed E-state index contributed by atoms with van der Waals surface area (Å²) in [6, 6.07) is 6.17. The van der Waals surface area contributed by atoms with E-state index in [1.807, 2.05) is 19.2 Å². The standard InChI is InChI=1S/C13H17N3S/c1-3-16(9-11-5-4-6-17-11)13-7-12(14)10(2)8-15-13/h4-8H,3,9H2,1-2H3,(H2,14,15). The molecule has 0 fully saturated rings. The summed E-state index contributed by atoms with van der Waals surface area (Å²) >= 11 is 1.77. The number of pyridine rings is 1. The molecule has 3 nitrogen and oxygen atoms in total. The Balaban J connectivity index is 2.20. The van der Waals surface area contributed by atoms with E-state index in [-0.39, 0.29) is 0 Å². The van der Waals surface area contributed by atoms with E-state index < -0.39 is 0 Å². The SMILES string of the molecule is CCN(Cc1cccs1)c1cc(N)c(C)cn1. The summed E-state index contributed by atoms with van der Waals surface area (Å²) in [6.45, 7) is 5.92. The van der Waals surface area contributed by atoms with Crippen LogP contribution in [0.25, 0.3) is 0 Å². The molecule has 0 saturated heterocycles. The molecule has 90 valence electrons. The first kappa shape index (κ1) is 11.9. The van der Waals surface area contributed by atoms with Gasteiger partial charge < -0.3 is 10.6 Å². The summed E-state index contributed by atoms with van der Waals surface area (Å²) in [6.07, 6.45) is 1.84. The second-order valence-electron chi connectivity index (χ2n) is 3.99. The normalized spacial score (nSPS) is 10.5. The second-order valence-corrected chi connectivity index (χ2v) is 5.02. The van der Waals surface area contributed by atoms with Crippen LogP contribution in [0.3, 0.4) is 0 Å². The van der Waals surface area contributed by atoms with Crippen molar-refractivity contribution in [1.29, 1.82) is 0 Å². The molecule has 0 aliphatic carbocycles. The molecule has 2 N–H and O–H groups in total. The summed E-state index contributed by atoms with van der Waals surface area (Å²) in [5, 5.41) is 2.10. The average Bonchev–Trinajstić information content (AvgIpc) is 2.82. The predicted octanol–water partition coefficient (Wildman–Crippen LogP) is 3.06. The lowest BCUT2D eigenvalue weighted by Gasteiger charge is -2.21. The molecule has 2 rings (SSSR count). The van der Waals surface area contributed by atoms with Gasteiger partial charge in [0.15, 0.2) is 0 Å². The van der Waals surface area contributed by atoms with Crippen LogP contribution in [0.15, 0.2) is 29.8 Å². The van der Waals surface area contributed by atoms with Crippen molar-refractivity contribution in [2.75, 3.05) is 17.2 Å². The number of hydrogen-bond donors (Lipinski definition) is 1. The Morgan fingerprint density at radius 1 is 1.47 bits per heavy atom. The molecule has 0 radical (unpaired) electrons. The number of aromatic nitrogens is 1. The van der Waals surface area contributed by atoms with Crippen molar-refractivity contribution in [1.82, 2.24) is 4.98 Å². The number of aryl methyl sites for hydroxylation is 1. The maximum absolute atomic E-state index is 5.92. The number of nitrogens with zero attached hydrogens (tertiary/aromatic N) is 2. The van der Waals surface area contributed by atoms with Gasteiger partial charge in [-0.3, -0.25) is 0 Å². The highest BCUT2D eigenvalue weighted by Crippen LogP contribution is 2.20. The van der Waals surface area contributed by atoms with Crippen molar-refractivity contribution in [3.8, 4) is 0 Å². The van der Waals surface area contributed by atoms with E-state index in [2.05, 4.69) is 34.3 Å². The van der Waals surface area contributed by atoms with Crippen LogP contribution in [0.5, 0.6) is 0 Å². The molecule has 2 aromatic rings. The van der Waals surface area contributed by atoms with E-state index in [9.17, 15) is 0 Å². The van der Waals surface area contributed by atoms with Crippen molar-refractivity contribution in [3.05, 3.63) is 40.2 Å². The number of nitrogens with two attached hydrogens (primary N) is 1. The summed E-state index contributed by atoms with van der Waals surface area (Å²) in [5.41, 5.74) is 7.76. The van der Waals surface area contributed by atoms with Gasteiger partial charge >= 0.3 is 0 Å². The van der Waals surface area contributed by atoms with E-state index in [0.29, 0.717) is 0 Å². The molecule has 4 heteroatoms. The fourth-order valence-corrected chi connectivity index (χ4v) is 2.37. The van der Waals surface area contributed by atoms with Crippen LogP contribution in [0.2, 0.25) is 0 Å². The molecule has 0 aromatic carbocycles. The second kappa shape index (κ2) is 5.19. The number of hydrogen-bond acceptors (Lipinski definition) is 4. The van der Waals surface area contributed by atoms with Gasteiger partial charge in [-0.2, -0.15) is 0 Å². The van der Waals surface area contributed by atoms with E-state index >= 15 is 0 Å². The Bertz CT molecular complexity index is 479. The zero-order chi connectivity index (χ0) is 12.3. The molecule has 0 atom stereocenters. The van der Waals surface area contributed by atoms with Gasteiger partial charge in [-0.1, -0.05) is 6.07 Å². The Labute approximate surface area is 106 Å². The van der Waals surface area contributed by atoms with Crippen LogP contribution in [-0.4, -0.2) is 11.5 Å². The summed E-state index contributed by atoms with van der Waals surface area (Å²) in [5.74, 6) is 0.948. The van der Waals surface area contributed by atoms with Gasteiger partial charge in [0.05, 0.1) is 6.54 Å². The quantitative estimate of drug-likeness (QED) is 0.903. The molecule has 2 heterocycles. The van der Waals surface area contributed by atoms with Crippen LogP contribution in [0.1, 0.15) is 17.4 Å². The molecular formula is C13H17N3S. The minimum absolute atomic E-state index is 0.805. The van der Waals surface area contributed by atoms with E-state index in [4.69, 9.17) is 5.73 Å². The van der Waals surface area contributed by atoms with Crippen LogP contribution in [0, 0.1) is 6.92 Å².